The number of nitrogens with zero attached hydrogens (tertiary/aromatic N) is 2. The minimum absolute atomic E-state index is 0.0748. The van der Waals surface area contributed by atoms with Crippen LogP contribution in [0.4, 0.5) is 0 Å². The van der Waals surface area contributed by atoms with Gasteiger partial charge in [0.05, 0.1) is 42.2 Å². The number of carboxylic acid groups (broad SMARTS) is 2. The first-order valence-electron chi connectivity index (χ1n) is 13.9. The second-order valence-corrected chi connectivity index (χ2v) is 12.3. The summed E-state index contributed by atoms with van der Waals surface area (Å²) in [5, 5.41) is 19.0. The van der Waals surface area contributed by atoms with Gasteiger partial charge in [-0.05, 0) is 66.5 Å². The van der Waals surface area contributed by atoms with Crippen molar-refractivity contribution in [2.75, 3.05) is 27.8 Å². The van der Waals surface area contributed by atoms with E-state index in [4.69, 9.17) is 19.7 Å². The molecular formula is C31H34N2O8S2. The van der Waals surface area contributed by atoms with E-state index >= 15 is 0 Å². The predicted molar refractivity (Wildman–Crippen MR) is 166 cm³/mol. The first-order chi connectivity index (χ1) is 20.6. The normalized spacial score (nSPS) is 11.1. The van der Waals surface area contributed by atoms with Gasteiger partial charge in [-0.1, -0.05) is 6.42 Å². The highest BCUT2D eigenvalue weighted by Crippen LogP contribution is 2.34. The number of benzene rings is 2. The number of unbranched alkanes of at least 4 members (excludes halogenated alkanes) is 2. The summed E-state index contributed by atoms with van der Waals surface area (Å²) in [6, 6.07) is 9.69. The summed E-state index contributed by atoms with van der Waals surface area (Å²) in [4.78, 5) is 53.2. The van der Waals surface area contributed by atoms with Gasteiger partial charge in [0, 0.05) is 30.8 Å². The number of ether oxygens (including phenoxy) is 2. The summed E-state index contributed by atoms with van der Waals surface area (Å²) in [5.74, 6) is -0.935. The maximum absolute atomic E-state index is 12.8. The summed E-state index contributed by atoms with van der Waals surface area (Å²) in [7, 11) is 4.85. The van der Waals surface area contributed by atoms with Crippen LogP contribution in [0.15, 0.2) is 30.3 Å². The number of thiazole rings is 1. The number of aryl methyl sites for hydroxylation is 2. The zero-order valence-electron chi connectivity index (χ0n) is 24.3. The molecule has 12 heteroatoms. The molecule has 10 nitrogen and oxygen atoms in total. The fourth-order valence-corrected chi connectivity index (χ4v) is 6.87. The third-order valence-electron chi connectivity index (χ3n) is 7.13. The topological polar surface area (TPSA) is 143 Å². The van der Waals surface area contributed by atoms with E-state index in [0.717, 1.165) is 63.8 Å². The molecular weight excluding hydrogens is 592 g/mol. The van der Waals surface area contributed by atoms with E-state index in [1.54, 1.807) is 21.3 Å². The smallest absolute Gasteiger partial charge is 0.305 e. The highest BCUT2D eigenvalue weighted by atomic mass is 32.1. The van der Waals surface area contributed by atoms with E-state index in [1.165, 1.54) is 27.6 Å². The summed E-state index contributed by atoms with van der Waals surface area (Å²) >= 11 is 2.67. The third kappa shape index (κ3) is 8.08. The van der Waals surface area contributed by atoms with Crippen LogP contribution in [0.2, 0.25) is 0 Å². The van der Waals surface area contributed by atoms with Gasteiger partial charge in [0.25, 0.3) is 5.91 Å². The van der Waals surface area contributed by atoms with Crippen molar-refractivity contribution < 1.29 is 38.9 Å². The Morgan fingerprint density at radius 1 is 0.791 bits per heavy atom. The molecule has 2 heterocycles. The van der Waals surface area contributed by atoms with E-state index in [-0.39, 0.29) is 37.5 Å². The second kappa shape index (κ2) is 14.4. The molecule has 0 aliphatic carbocycles. The van der Waals surface area contributed by atoms with Crippen molar-refractivity contribution in [3.63, 3.8) is 0 Å². The number of rotatable bonds is 16. The van der Waals surface area contributed by atoms with E-state index in [1.807, 2.05) is 24.3 Å². The third-order valence-corrected chi connectivity index (χ3v) is 9.27. The molecule has 2 N–H and O–H groups in total. The van der Waals surface area contributed by atoms with Crippen molar-refractivity contribution in [1.82, 2.24) is 9.88 Å². The van der Waals surface area contributed by atoms with Gasteiger partial charge in [-0.2, -0.15) is 0 Å². The van der Waals surface area contributed by atoms with Crippen molar-refractivity contribution in [2.24, 2.45) is 0 Å². The molecule has 228 valence electrons. The molecule has 1 amide bonds. The lowest BCUT2D eigenvalue weighted by molar-refractivity contribution is -0.138. The maximum Gasteiger partial charge on any atom is 0.305 e. The second-order valence-electron chi connectivity index (χ2n) is 10.2. The Kier molecular flexibility index (Phi) is 10.7. The molecule has 4 rings (SSSR count). The van der Waals surface area contributed by atoms with Crippen LogP contribution < -0.4 is 9.47 Å². The molecule has 4 aromatic rings. The molecule has 0 saturated carbocycles. The number of amides is 1. The monoisotopic (exact) mass is 626 g/mol. The number of hydrogen-bond acceptors (Lipinski definition) is 9. The number of methoxy groups -OCH3 is 2. The summed E-state index contributed by atoms with van der Waals surface area (Å²) in [5.41, 5.74) is 2.77. The highest BCUT2D eigenvalue weighted by Gasteiger charge is 2.18. The summed E-state index contributed by atoms with van der Waals surface area (Å²) in [6.45, 7) is 0.149. The van der Waals surface area contributed by atoms with Gasteiger partial charge in [-0.3, -0.25) is 19.2 Å². The van der Waals surface area contributed by atoms with Crippen molar-refractivity contribution in [1.29, 1.82) is 0 Å². The average molecular weight is 627 g/mol. The van der Waals surface area contributed by atoms with Crippen molar-refractivity contribution in [2.45, 2.75) is 51.4 Å². The Balaban J connectivity index is 1.37. The van der Waals surface area contributed by atoms with E-state index in [0.29, 0.717) is 21.2 Å². The van der Waals surface area contributed by atoms with Crippen LogP contribution in [0.3, 0.4) is 0 Å². The molecule has 0 spiro atoms. The zero-order valence-corrected chi connectivity index (χ0v) is 25.9. The number of thiophene rings is 1. The van der Waals surface area contributed by atoms with Crippen LogP contribution in [-0.4, -0.2) is 71.5 Å². The molecule has 43 heavy (non-hydrogen) atoms. The predicted octanol–water partition coefficient (Wildman–Crippen LogP) is 6.08. The standard InChI is InChI=1S/C31H34N2O8S2/c1-33(12-11-29(37)38)31(39)27-16-20-13-23(40-2)18(14-25(20)42-27)7-5-4-6-8-19-15-26-21(17-24(19)41-3)32-30(43-26)22(34)9-10-28(35)36/h13-17H,4-12H2,1-3H3,(H,35,36)(H,37,38). The molecule has 0 atom stereocenters. The first-order valence-corrected chi connectivity index (χ1v) is 15.5. The minimum atomic E-state index is -1.01. The van der Waals surface area contributed by atoms with Gasteiger partial charge in [0.2, 0.25) is 0 Å². The lowest BCUT2D eigenvalue weighted by Crippen LogP contribution is -2.28. The van der Waals surface area contributed by atoms with E-state index in [2.05, 4.69) is 11.1 Å². The lowest BCUT2D eigenvalue weighted by atomic mass is 10.0. The van der Waals surface area contributed by atoms with Crippen molar-refractivity contribution >= 4 is 66.6 Å². The minimum Gasteiger partial charge on any atom is -0.496 e. The number of carbonyl (C=O) groups is 4. The van der Waals surface area contributed by atoms with E-state index < -0.39 is 11.9 Å². The molecule has 0 aliphatic heterocycles. The average Bonchev–Trinajstić information content (AvgIpc) is 3.60. The van der Waals surface area contributed by atoms with Crippen LogP contribution in [0, 0.1) is 0 Å². The number of fused-ring (bicyclic) bond motifs is 2. The summed E-state index contributed by atoms with van der Waals surface area (Å²) in [6.07, 6.45) is 4.04. The molecule has 0 unspecified atom stereocenters. The van der Waals surface area contributed by atoms with Gasteiger partial charge in [0.15, 0.2) is 10.8 Å². The molecule has 0 fully saturated rings. The molecule has 0 bridgehead atoms. The van der Waals surface area contributed by atoms with Crippen LogP contribution in [0.25, 0.3) is 20.3 Å². The van der Waals surface area contributed by atoms with Crippen LogP contribution in [-0.2, 0) is 22.4 Å². The largest absolute Gasteiger partial charge is 0.496 e. The van der Waals surface area contributed by atoms with Crippen LogP contribution in [0.5, 0.6) is 11.5 Å². The number of aliphatic carboxylic acids is 2. The Morgan fingerprint density at radius 2 is 1.42 bits per heavy atom. The van der Waals surface area contributed by atoms with Gasteiger partial charge in [-0.25, -0.2) is 4.98 Å². The molecule has 0 aliphatic rings. The van der Waals surface area contributed by atoms with Crippen molar-refractivity contribution in [3.05, 3.63) is 51.3 Å². The maximum atomic E-state index is 12.8. The van der Waals surface area contributed by atoms with Crippen molar-refractivity contribution in [3.8, 4) is 11.5 Å². The fourth-order valence-electron chi connectivity index (χ4n) is 4.79. The Morgan fingerprint density at radius 3 is 2.05 bits per heavy atom. The number of Topliss-reactive ketones (excluding diaryl/α,β-unsaturated/α-hetero) is 1. The van der Waals surface area contributed by atoms with Crippen LogP contribution >= 0.6 is 22.7 Å². The number of carbonyl (C=O) groups excluding carboxylic acids is 2. The van der Waals surface area contributed by atoms with Gasteiger partial charge in [0.1, 0.15) is 11.5 Å². The molecule has 2 aromatic heterocycles. The fraction of sp³-hybridized carbons (Fsp3) is 0.387. The highest BCUT2D eigenvalue weighted by molar-refractivity contribution is 7.21. The Bertz CT molecular complexity index is 1660. The molecule has 0 saturated heterocycles. The quantitative estimate of drug-likeness (QED) is 0.112. The first kappa shape index (κ1) is 31.9. The van der Waals surface area contributed by atoms with Gasteiger partial charge in [-0.15, -0.1) is 22.7 Å². The summed E-state index contributed by atoms with van der Waals surface area (Å²) < 4.78 is 13.1. The lowest BCUT2D eigenvalue weighted by Gasteiger charge is -2.14. The number of ketones is 1. The number of aromatic nitrogens is 1. The zero-order chi connectivity index (χ0) is 31.1. The Hall–Kier alpha value is -4.03. The molecule has 0 radical (unpaired) electrons. The van der Waals surface area contributed by atoms with E-state index in [9.17, 15) is 19.2 Å². The van der Waals surface area contributed by atoms with Gasteiger partial charge >= 0.3 is 11.9 Å². The molecule has 2 aromatic carbocycles. The SMILES string of the molecule is COc1cc2cc(C(=O)N(C)CCC(=O)O)sc2cc1CCCCCc1cc2sc(C(=O)CCC(=O)O)nc2cc1OC. The number of carboxylic acids is 2. The van der Waals surface area contributed by atoms with Crippen LogP contribution in [0.1, 0.15) is 69.1 Å². The number of hydrogen-bond donors (Lipinski definition) is 2. The van der Waals surface area contributed by atoms with Gasteiger partial charge < -0.3 is 24.6 Å². The Labute approximate surface area is 256 Å².